The molecule has 2 N–H and O–H groups in total. The molecule has 1 aliphatic rings. The molecule has 4 nitrogen and oxygen atoms in total. The highest BCUT2D eigenvalue weighted by Gasteiger charge is 2.15. The molecule has 0 aromatic rings. The first-order chi connectivity index (χ1) is 6.86. The lowest BCUT2D eigenvalue weighted by Gasteiger charge is -2.24. The van der Waals surface area contributed by atoms with Crippen LogP contribution in [0.1, 0.15) is 12.8 Å². The van der Waals surface area contributed by atoms with Gasteiger partial charge in [0.25, 0.3) is 0 Å². The number of hydrogen-bond donors (Lipinski definition) is 2. The molecule has 1 fully saturated rings. The van der Waals surface area contributed by atoms with Crippen molar-refractivity contribution in [3.05, 3.63) is 0 Å². The first-order valence-corrected chi connectivity index (χ1v) is 5.27. The summed E-state index contributed by atoms with van der Waals surface area (Å²) in [6, 6.07) is 0.0721. The lowest BCUT2D eigenvalue weighted by atomic mass is 10.0. The van der Waals surface area contributed by atoms with Crippen LogP contribution in [0, 0.1) is 5.92 Å². The Hall–Kier alpha value is -0.160. The fourth-order valence-corrected chi connectivity index (χ4v) is 1.66. The van der Waals surface area contributed by atoms with Crippen LogP contribution in [0.3, 0.4) is 0 Å². The van der Waals surface area contributed by atoms with Gasteiger partial charge in [-0.1, -0.05) is 0 Å². The summed E-state index contributed by atoms with van der Waals surface area (Å²) in [6.45, 7) is 3.41. The third-order valence-electron chi connectivity index (χ3n) is 2.62. The second-order valence-electron chi connectivity index (χ2n) is 3.80. The summed E-state index contributed by atoms with van der Waals surface area (Å²) in [7, 11) is 1.65. The Bertz CT molecular complexity index is 133. The minimum Gasteiger partial charge on any atom is -0.395 e. The summed E-state index contributed by atoms with van der Waals surface area (Å²) in [4.78, 5) is 0. The Balaban J connectivity index is 2.10. The first-order valence-electron chi connectivity index (χ1n) is 5.27. The number of hydrogen-bond acceptors (Lipinski definition) is 4. The fourth-order valence-electron chi connectivity index (χ4n) is 1.66. The van der Waals surface area contributed by atoms with Crippen LogP contribution in [0.15, 0.2) is 0 Å². The second-order valence-corrected chi connectivity index (χ2v) is 3.80. The molecule has 14 heavy (non-hydrogen) atoms. The van der Waals surface area contributed by atoms with Gasteiger partial charge in [-0.2, -0.15) is 0 Å². The number of aliphatic hydroxyl groups is 1. The van der Waals surface area contributed by atoms with E-state index in [-0.39, 0.29) is 12.6 Å². The molecule has 84 valence electrons. The van der Waals surface area contributed by atoms with E-state index < -0.39 is 0 Å². The maximum atomic E-state index is 9.02. The van der Waals surface area contributed by atoms with Crippen LogP contribution >= 0.6 is 0 Å². The lowest BCUT2D eigenvalue weighted by Crippen LogP contribution is -2.40. The topological polar surface area (TPSA) is 50.7 Å². The Morgan fingerprint density at radius 1 is 1.50 bits per heavy atom. The van der Waals surface area contributed by atoms with E-state index in [9.17, 15) is 0 Å². The summed E-state index contributed by atoms with van der Waals surface area (Å²) in [6.07, 6.45) is 2.25. The largest absolute Gasteiger partial charge is 0.395 e. The Morgan fingerprint density at radius 3 is 2.79 bits per heavy atom. The van der Waals surface area contributed by atoms with Gasteiger partial charge < -0.3 is 19.9 Å². The van der Waals surface area contributed by atoms with Gasteiger partial charge in [0.05, 0.1) is 19.3 Å². The van der Waals surface area contributed by atoms with Crippen molar-refractivity contribution in [1.82, 2.24) is 5.32 Å². The van der Waals surface area contributed by atoms with Crippen LogP contribution in [0.5, 0.6) is 0 Å². The van der Waals surface area contributed by atoms with Crippen LogP contribution in [0.25, 0.3) is 0 Å². The summed E-state index contributed by atoms with van der Waals surface area (Å²) in [5, 5.41) is 12.3. The Labute approximate surface area is 85.6 Å². The van der Waals surface area contributed by atoms with E-state index in [4.69, 9.17) is 14.6 Å². The molecule has 0 saturated carbocycles. The van der Waals surface area contributed by atoms with Crippen LogP contribution < -0.4 is 5.32 Å². The highest BCUT2D eigenvalue weighted by molar-refractivity contribution is 4.70. The molecule has 0 bridgehead atoms. The average Bonchev–Trinajstić information content (AvgIpc) is 2.25. The standard InChI is InChI=1S/C10H21NO3/c1-13-8-10(7-12)11-6-9-2-4-14-5-3-9/h9-12H,2-8H2,1H3. The van der Waals surface area contributed by atoms with E-state index in [1.165, 1.54) is 0 Å². The Kier molecular flexibility index (Phi) is 6.10. The molecule has 0 aromatic carbocycles. The van der Waals surface area contributed by atoms with E-state index >= 15 is 0 Å². The zero-order chi connectivity index (χ0) is 10.2. The number of aliphatic hydroxyl groups excluding tert-OH is 1. The van der Waals surface area contributed by atoms with Gasteiger partial charge in [-0.15, -0.1) is 0 Å². The van der Waals surface area contributed by atoms with Crippen molar-refractivity contribution in [2.45, 2.75) is 18.9 Å². The van der Waals surface area contributed by atoms with Crippen molar-refractivity contribution in [1.29, 1.82) is 0 Å². The first kappa shape index (κ1) is 11.9. The number of rotatable bonds is 6. The van der Waals surface area contributed by atoms with Gasteiger partial charge in [0, 0.05) is 20.3 Å². The van der Waals surface area contributed by atoms with Crippen LogP contribution in [-0.4, -0.2) is 51.2 Å². The summed E-state index contributed by atoms with van der Waals surface area (Å²) in [5.41, 5.74) is 0. The summed E-state index contributed by atoms with van der Waals surface area (Å²) < 4.78 is 10.3. The molecule has 1 rings (SSSR count). The highest BCUT2D eigenvalue weighted by Crippen LogP contribution is 2.13. The number of nitrogens with one attached hydrogen (secondary N) is 1. The average molecular weight is 203 g/mol. The molecule has 0 amide bonds. The minimum absolute atomic E-state index is 0.0721. The van der Waals surface area contributed by atoms with Gasteiger partial charge in [0.1, 0.15) is 0 Å². The predicted octanol–water partition coefficient (Wildman–Crippen LogP) is 0.00990. The molecule has 1 aliphatic heterocycles. The van der Waals surface area contributed by atoms with Gasteiger partial charge in [0.15, 0.2) is 0 Å². The van der Waals surface area contributed by atoms with Crippen LogP contribution in [0.2, 0.25) is 0 Å². The molecule has 4 heteroatoms. The zero-order valence-corrected chi connectivity index (χ0v) is 8.87. The van der Waals surface area contributed by atoms with Crippen molar-refractivity contribution >= 4 is 0 Å². The fraction of sp³-hybridized carbons (Fsp3) is 1.00. The van der Waals surface area contributed by atoms with E-state index in [2.05, 4.69) is 5.32 Å². The van der Waals surface area contributed by atoms with Crippen molar-refractivity contribution in [2.75, 3.05) is 40.1 Å². The monoisotopic (exact) mass is 203 g/mol. The molecule has 0 aliphatic carbocycles. The van der Waals surface area contributed by atoms with Crippen LogP contribution in [0.4, 0.5) is 0 Å². The summed E-state index contributed by atoms with van der Waals surface area (Å²) >= 11 is 0. The van der Waals surface area contributed by atoms with Crippen molar-refractivity contribution in [2.24, 2.45) is 5.92 Å². The van der Waals surface area contributed by atoms with E-state index in [1.807, 2.05) is 0 Å². The molecule has 0 radical (unpaired) electrons. The van der Waals surface area contributed by atoms with Crippen molar-refractivity contribution in [3.8, 4) is 0 Å². The smallest absolute Gasteiger partial charge is 0.0638 e. The Morgan fingerprint density at radius 2 is 2.21 bits per heavy atom. The van der Waals surface area contributed by atoms with Crippen LogP contribution in [-0.2, 0) is 9.47 Å². The lowest BCUT2D eigenvalue weighted by molar-refractivity contribution is 0.0615. The molecule has 1 unspecified atom stereocenters. The number of ether oxygens (including phenoxy) is 2. The number of methoxy groups -OCH3 is 1. The zero-order valence-electron chi connectivity index (χ0n) is 8.87. The molecule has 1 saturated heterocycles. The van der Waals surface area contributed by atoms with Gasteiger partial charge in [-0.3, -0.25) is 0 Å². The maximum Gasteiger partial charge on any atom is 0.0638 e. The predicted molar refractivity (Wildman–Crippen MR) is 54.3 cm³/mol. The van der Waals surface area contributed by atoms with Gasteiger partial charge >= 0.3 is 0 Å². The second kappa shape index (κ2) is 7.17. The molecule has 0 spiro atoms. The maximum absolute atomic E-state index is 9.02. The van der Waals surface area contributed by atoms with Gasteiger partial charge in [-0.25, -0.2) is 0 Å². The minimum atomic E-state index is 0.0721. The third-order valence-corrected chi connectivity index (χ3v) is 2.62. The molecule has 1 atom stereocenters. The molecular weight excluding hydrogens is 182 g/mol. The van der Waals surface area contributed by atoms with Crippen molar-refractivity contribution < 1.29 is 14.6 Å². The molecule has 0 aromatic heterocycles. The van der Waals surface area contributed by atoms with E-state index in [1.54, 1.807) is 7.11 Å². The summed E-state index contributed by atoms with van der Waals surface area (Å²) in [5.74, 6) is 0.689. The quantitative estimate of drug-likeness (QED) is 0.638. The third kappa shape index (κ3) is 4.37. The normalized spacial score (nSPS) is 21.0. The van der Waals surface area contributed by atoms with Crippen molar-refractivity contribution in [3.63, 3.8) is 0 Å². The molecular formula is C10H21NO3. The van der Waals surface area contributed by atoms with E-state index in [0.717, 1.165) is 32.6 Å². The molecule has 1 heterocycles. The highest BCUT2D eigenvalue weighted by atomic mass is 16.5. The van der Waals surface area contributed by atoms with Gasteiger partial charge in [0.2, 0.25) is 0 Å². The van der Waals surface area contributed by atoms with Gasteiger partial charge in [-0.05, 0) is 25.3 Å². The SMILES string of the molecule is COCC(CO)NCC1CCOCC1. The van der Waals surface area contributed by atoms with E-state index in [0.29, 0.717) is 12.5 Å².